The summed E-state index contributed by atoms with van der Waals surface area (Å²) in [5, 5.41) is 24.9. The average Bonchev–Trinajstić information content (AvgIpc) is 3.00. The summed E-state index contributed by atoms with van der Waals surface area (Å²) in [7, 11) is 0. The number of aliphatic hydroxyl groups excluding tert-OH is 2. The number of para-hydroxylation sites is 1. The van der Waals surface area contributed by atoms with Crippen molar-refractivity contribution in [2.75, 3.05) is 26.3 Å². The summed E-state index contributed by atoms with van der Waals surface area (Å²) >= 11 is 0. The monoisotopic (exact) mass is 373 g/mol. The largest absolute Gasteiger partial charge is 0.391 e. The van der Waals surface area contributed by atoms with Crippen molar-refractivity contribution in [2.45, 2.75) is 43.9 Å². The third-order valence-electron chi connectivity index (χ3n) is 5.76. The van der Waals surface area contributed by atoms with Crippen LogP contribution >= 0.6 is 0 Å². The lowest BCUT2D eigenvalue weighted by molar-refractivity contribution is -0.151. The van der Waals surface area contributed by atoms with Gasteiger partial charge in [0.2, 0.25) is 0 Å². The van der Waals surface area contributed by atoms with Crippen LogP contribution in [0.15, 0.2) is 35.1 Å². The number of hydrogen-bond donors (Lipinski definition) is 3. The molecule has 2 aromatic rings. The van der Waals surface area contributed by atoms with E-state index >= 15 is 0 Å². The molecule has 2 unspecified atom stereocenters. The quantitative estimate of drug-likeness (QED) is 0.716. The van der Waals surface area contributed by atoms with Crippen molar-refractivity contribution in [3.05, 3.63) is 51.9 Å². The average molecular weight is 373 g/mol. The fraction of sp³-hybridized carbons (Fsp3) is 0.550. The number of benzene rings is 1. The number of aryl methyl sites for hydroxylation is 1. The molecular weight excluding hydrogens is 346 g/mol. The maximum Gasteiger partial charge on any atom is 0.275 e. The summed E-state index contributed by atoms with van der Waals surface area (Å²) in [6.07, 6.45) is 0.0405. The number of aromatic nitrogens is 2. The summed E-state index contributed by atoms with van der Waals surface area (Å²) in [6.45, 7) is 4.63. The Morgan fingerprint density at radius 2 is 1.81 bits per heavy atom. The van der Waals surface area contributed by atoms with Crippen molar-refractivity contribution < 1.29 is 14.9 Å². The Labute approximate surface area is 158 Å². The SMILES string of the molecule is CCCc1[nH]n(-c2ccccc2)c(=O)c1C1C(O)C(N2CCOCC2)C1O. The summed E-state index contributed by atoms with van der Waals surface area (Å²) in [4.78, 5) is 15.2. The molecule has 146 valence electrons. The highest BCUT2D eigenvalue weighted by Gasteiger charge is 2.54. The molecular formula is C20H27N3O4. The number of aromatic amines is 1. The molecule has 2 atom stereocenters. The van der Waals surface area contributed by atoms with Gasteiger partial charge in [-0.1, -0.05) is 31.5 Å². The first kappa shape index (κ1) is 18.4. The molecule has 7 nitrogen and oxygen atoms in total. The van der Waals surface area contributed by atoms with Gasteiger partial charge in [0.15, 0.2) is 0 Å². The van der Waals surface area contributed by atoms with Crippen LogP contribution in [0.1, 0.15) is 30.5 Å². The predicted molar refractivity (Wildman–Crippen MR) is 101 cm³/mol. The Kier molecular flexibility index (Phi) is 5.19. The third kappa shape index (κ3) is 3.14. The highest BCUT2D eigenvalue weighted by molar-refractivity contribution is 5.37. The Bertz CT molecular complexity index is 815. The van der Waals surface area contributed by atoms with Crippen LogP contribution in [0, 0.1) is 0 Å². The van der Waals surface area contributed by atoms with E-state index in [2.05, 4.69) is 10.00 Å². The van der Waals surface area contributed by atoms with Gasteiger partial charge in [0, 0.05) is 30.3 Å². The molecule has 0 spiro atoms. The highest BCUT2D eigenvalue weighted by atomic mass is 16.5. The number of nitrogens with zero attached hydrogens (tertiary/aromatic N) is 2. The van der Waals surface area contributed by atoms with E-state index in [0.717, 1.165) is 17.8 Å². The molecule has 4 rings (SSSR count). The van der Waals surface area contributed by atoms with E-state index in [1.165, 1.54) is 4.68 Å². The Hall–Kier alpha value is -1.93. The zero-order chi connectivity index (χ0) is 19.0. The van der Waals surface area contributed by atoms with E-state index in [0.29, 0.717) is 38.3 Å². The molecule has 2 fully saturated rings. The minimum atomic E-state index is -0.763. The first-order valence-electron chi connectivity index (χ1n) is 9.70. The normalized spacial score (nSPS) is 28.9. The second-order valence-corrected chi connectivity index (χ2v) is 7.38. The highest BCUT2D eigenvalue weighted by Crippen LogP contribution is 2.41. The van der Waals surface area contributed by atoms with Gasteiger partial charge in [-0.15, -0.1) is 0 Å². The number of nitrogens with one attached hydrogen (secondary N) is 1. The standard InChI is InChI=1S/C20H27N3O4/c1-2-6-14-15(20(26)23(21-14)13-7-4-3-5-8-13)16-18(24)17(19(16)25)22-9-11-27-12-10-22/h3-5,7-8,16-19,21,24-25H,2,6,9-12H2,1H3. The zero-order valence-electron chi connectivity index (χ0n) is 15.5. The van der Waals surface area contributed by atoms with Gasteiger partial charge in [0.25, 0.3) is 5.56 Å². The molecule has 1 aromatic heterocycles. The van der Waals surface area contributed by atoms with E-state index in [9.17, 15) is 15.0 Å². The van der Waals surface area contributed by atoms with E-state index in [-0.39, 0.29) is 11.6 Å². The fourth-order valence-corrected chi connectivity index (χ4v) is 4.37. The Morgan fingerprint density at radius 3 is 2.44 bits per heavy atom. The number of hydrogen-bond acceptors (Lipinski definition) is 5. The maximum absolute atomic E-state index is 13.1. The van der Waals surface area contributed by atoms with Crippen LogP contribution in [0.2, 0.25) is 0 Å². The lowest BCUT2D eigenvalue weighted by Crippen LogP contribution is -2.67. The predicted octanol–water partition coefficient (Wildman–Crippen LogP) is 0.638. The Morgan fingerprint density at radius 1 is 1.15 bits per heavy atom. The summed E-state index contributed by atoms with van der Waals surface area (Å²) < 4.78 is 6.88. The van der Waals surface area contributed by atoms with Crippen molar-refractivity contribution in [3.63, 3.8) is 0 Å². The minimum absolute atomic E-state index is 0.187. The summed E-state index contributed by atoms with van der Waals surface area (Å²) in [5.41, 5.74) is 1.88. The first-order valence-corrected chi connectivity index (χ1v) is 9.70. The number of H-pyrrole nitrogens is 1. The van der Waals surface area contributed by atoms with Gasteiger partial charge in [-0.3, -0.25) is 14.8 Å². The van der Waals surface area contributed by atoms with E-state index in [1.807, 2.05) is 37.3 Å². The molecule has 1 aliphatic heterocycles. The lowest BCUT2D eigenvalue weighted by Gasteiger charge is -2.52. The van der Waals surface area contributed by atoms with Crippen molar-refractivity contribution in [3.8, 4) is 5.69 Å². The van der Waals surface area contributed by atoms with Crippen molar-refractivity contribution in [1.29, 1.82) is 0 Å². The molecule has 1 aliphatic carbocycles. The number of ether oxygens (including phenoxy) is 1. The van der Waals surface area contributed by atoms with Crippen LogP contribution in [-0.2, 0) is 11.2 Å². The van der Waals surface area contributed by atoms with E-state index in [4.69, 9.17) is 4.74 Å². The molecule has 0 amide bonds. The molecule has 0 radical (unpaired) electrons. The summed E-state index contributed by atoms with van der Waals surface area (Å²) in [6, 6.07) is 9.04. The molecule has 3 N–H and O–H groups in total. The van der Waals surface area contributed by atoms with Gasteiger partial charge in [-0.05, 0) is 18.6 Å². The number of aliphatic hydroxyl groups is 2. The van der Waals surface area contributed by atoms with Crippen LogP contribution in [0.4, 0.5) is 0 Å². The smallest absolute Gasteiger partial charge is 0.275 e. The molecule has 0 bridgehead atoms. The molecule has 1 saturated heterocycles. The molecule has 1 aromatic carbocycles. The number of morpholine rings is 1. The lowest BCUT2D eigenvalue weighted by atomic mass is 9.69. The first-order chi connectivity index (χ1) is 13.1. The molecule has 2 aliphatic rings. The van der Waals surface area contributed by atoms with Crippen molar-refractivity contribution >= 4 is 0 Å². The topological polar surface area (TPSA) is 90.7 Å². The van der Waals surface area contributed by atoms with Crippen molar-refractivity contribution in [2.24, 2.45) is 0 Å². The summed E-state index contributed by atoms with van der Waals surface area (Å²) in [5.74, 6) is -0.562. The van der Waals surface area contributed by atoms with Gasteiger partial charge >= 0.3 is 0 Å². The van der Waals surface area contributed by atoms with Crippen LogP contribution in [0.25, 0.3) is 5.69 Å². The van der Waals surface area contributed by atoms with Crippen molar-refractivity contribution in [1.82, 2.24) is 14.7 Å². The van der Waals surface area contributed by atoms with Gasteiger partial charge in [-0.25, -0.2) is 4.68 Å². The van der Waals surface area contributed by atoms with Gasteiger partial charge < -0.3 is 14.9 Å². The van der Waals surface area contributed by atoms with Crippen LogP contribution in [0.5, 0.6) is 0 Å². The number of rotatable bonds is 5. The second kappa shape index (κ2) is 7.59. The Balaban J connectivity index is 1.67. The van der Waals surface area contributed by atoms with Gasteiger partial charge in [0.1, 0.15) is 0 Å². The second-order valence-electron chi connectivity index (χ2n) is 7.38. The zero-order valence-corrected chi connectivity index (χ0v) is 15.5. The van der Waals surface area contributed by atoms with Crippen LogP contribution in [0.3, 0.4) is 0 Å². The van der Waals surface area contributed by atoms with Crippen LogP contribution < -0.4 is 5.56 Å². The maximum atomic E-state index is 13.1. The fourth-order valence-electron chi connectivity index (χ4n) is 4.37. The molecule has 1 saturated carbocycles. The molecule has 2 heterocycles. The third-order valence-corrected chi connectivity index (χ3v) is 5.76. The molecule has 27 heavy (non-hydrogen) atoms. The minimum Gasteiger partial charge on any atom is -0.391 e. The van der Waals surface area contributed by atoms with E-state index in [1.54, 1.807) is 0 Å². The van der Waals surface area contributed by atoms with E-state index < -0.39 is 18.1 Å². The van der Waals surface area contributed by atoms with Crippen LogP contribution in [-0.4, -0.2) is 69.4 Å². The van der Waals surface area contributed by atoms with Gasteiger partial charge in [-0.2, -0.15) is 0 Å². The van der Waals surface area contributed by atoms with Gasteiger partial charge in [0.05, 0.1) is 37.2 Å². The molecule has 7 heteroatoms.